The zero-order chi connectivity index (χ0) is 25.6. The SMILES string of the molecule is CC(C)(C)OC(=O)N[C@H](Cc1ccc(OCOn2nnc3cccnc32)cc1)C(=O)OC(C)(C)C. The number of esters is 1. The van der Waals surface area contributed by atoms with Gasteiger partial charge in [-0.05, 0) is 76.6 Å². The fraction of sp³-hybridized carbons (Fsp3) is 0.458. The summed E-state index contributed by atoms with van der Waals surface area (Å²) in [7, 11) is 0. The minimum Gasteiger partial charge on any atom is -0.458 e. The summed E-state index contributed by atoms with van der Waals surface area (Å²) in [5.74, 6) is -0.00852. The second kappa shape index (κ2) is 10.6. The van der Waals surface area contributed by atoms with Crippen LogP contribution in [0, 0.1) is 0 Å². The highest BCUT2D eigenvalue weighted by molar-refractivity contribution is 5.82. The van der Waals surface area contributed by atoms with Crippen molar-refractivity contribution in [1.29, 1.82) is 0 Å². The van der Waals surface area contributed by atoms with Crippen LogP contribution in [-0.4, -0.2) is 56.2 Å². The molecule has 35 heavy (non-hydrogen) atoms. The average molecular weight is 486 g/mol. The van der Waals surface area contributed by atoms with Gasteiger partial charge in [0.05, 0.1) is 0 Å². The van der Waals surface area contributed by atoms with Gasteiger partial charge in [-0.15, -0.1) is 5.10 Å². The largest absolute Gasteiger partial charge is 0.458 e. The topological polar surface area (TPSA) is 127 Å². The fourth-order valence-electron chi connectivity index (χ4n) is 2.95. The molecule has 11 heteroatoms. The number of rotatable bonds is 8. The summed E-state index contributed by atoms with van der Waals surface area (Å²) in [5, 5.41) is 10.4. The molecule has 0 fully saturated rings. The molecule has 0 bridgehead atoms. The first-order valence-corrected chi connectivity index (χ1v) is 11.1. The summed E-state index contributed by atoms with van der Waals surface area (Å²) < 4.78 is 16.4. The van der Waals surface area contributed by atoms with Crippen LogP contribution in [0.1, 0.15) is 47.1 Å². The number of ether oxygens (including phenoxy) is 3. The number of fused-ring (bicyclic) bond motifs is 1. The Bertz CT molecular complexity index is 1150. The highest BCUT2D eigenvalue weighted by atomic mass is 16.8. The lowest BCUT2D eigenvalue weighted by molar-refractivity contribution is -0.157. The summed E-state index contributed by atoms with van der Waals surface area (Å²) in [5.41, 5.74) is 0.483. The van der Waals surface area contributed by atoms with Gasteiger partial charge < -0.3 is 24.4 Å². The Kier molecular flexibility index (Phi) is 7.78. The van der Waals surface area contributed by atoms with Crippen LogP contribution < -0.4 is 14.9 Å². The van der Waals surface area contributed by atoms with E-state index in [9.17, 15) is 9.59 Å². The van der Waals surface area contributed by atoms with Gasteiger partial charge in [0.2, 0.25) is 5.65 Å². The Morgan fingerprint density at radius 2 is 1.69 bits per heavy atom. The van der Waals surface area contributed by atoms with Gasteiger partial charge in [-0.2, -0.15) is 0 Å². The fourth-order valence-corrected chi connectivity index (χ4v) is 2.95. The van der Waals surface area contributed by atoms with Crippen LogP contribution in [0.15, 0.2) is 42.6 Å². The number of pyridine rings is 1. The third-order valence-corrected chi connectivity index (χ3v) is 4.33. The molecule has 11 nitrogen and oxygen atoms in total. The maximum Gasteiger partial charge on any atom is 0.408 e. The molecule has 1 amide bonds. The Labute approximate surface area is 203 Å². The molecule has 0 spiro atoms. The number of benzene rings is 1. The summed E-state index contributed by atoms with van der Waals surface area (Å²) in [4.78, 5) is 35.8. The normalized spacial score (nSPS) is 12.6. The van der Waals surface area contributed by atoms with Gasteiger partial charge >= 0.3 is 12.1 Å². The number of nitrogens with zero attached hydrogens (tertiary/aromatic N) is 4. The molecule has 0 radical (unpaired) electrons. The van der Waals surface area contributed by atoms with Crippen molar-refractivity contribution < 1.29 is 28.6 Å². The van der Waals surface area contributed by atoms with E-state index in [0.29, 0.717) is 16.9 Å². The second-order valence-electron chi connectivity index (χ2n) is 9.78. The highest BCUT2D eigenvalue weighted by Gasteiger charge is 2.29. The minimum atomic E-state index is -0.924. The Morgan fingerprint density at radius 3 is 2.34 bits per heavy atom. The van der Waals surface area contributed by atoms with E-state index in [0.717, 1.165) is 5.56 Å². The molecule has 3 rings (SSSR count). The van der Waals surface area contributed by atoms with Crippen molar-refractivity contribution >= 4 is 23.2 Å². The van der Waals surface area contributed by atoms with E-state index in [2.05, 4.69) is 20.6 Å². The molecule has 0 unspecified atom stereocenters. The molecule has 2 heterocycles. The smallest absolute Gasteiger partial charge is 0.408 e. The maximum absolute atomic E-state index is 12.7. The first-order valence-electron chi connectivity index (χ1n) is 11.1. The van der Waals surface area contributed by atoms with Crippen LogP contribution in [0.25, 0.3) is 11.2 Å². The van der Waals surface area contributed by atoms with E-state index in [1.54, 1.807) is 84.1 Å². The van der Waals surface area contributed by atoms with Gasteiger partial charge in [0.15, 0.2) is 0 Å². The van der Waals surface area contributed by atoms with Crippen LogP contribution in [0.4, 0.5) is 4.79 Å². The van der Waals surface area contributed by atoms with Crippen molar-refractivity contribution in [3.8, 4) is 5.75 Å². The summed E-state index contributed by atoms with van der Waals surface area (Å²) >= 11 is 0. The molecule has 1 N–H and O–H groups in total. The van der Waals surface area contributed by atoms with E-state index in [1.165, 1.54) is 4.85 Å². The van der Waals surface area contributed by atoms with Gasteiger partial charge in [0.25, 0.3) is 6.79 Å². The summed E-state index contributed by atoms with van der Waals surface area (Å²) in [6.07, 6.45) is 1.13. The molecule has 1 atom stereocenters. The van der Waals surface area contributed by atoms with Crippen LogP contribution >= 0.6 is 0 Å². The number of alkyl carbamates (subject to hydrolysis) is 1. The average Bonchev–Trinajstić information content (AvgIpc) is 3.15. The summed E-state index contributed by atoms with van der Waals surface area (Å²) in [6, 6.07) is 9.65. The van der Waals surface area contributed by atoms with Crippen molar-refractivity contribution in [2.45, 2.75) is 65.2 Å². The Balaban J connectivity index is 1.60. The molecule has 0 saturated carbocycles. The van der Waals surface area contributed by atoms with Crippen molar-refractivity contribution in [2.75, 3.05) is 6.79 Å². The zero-order valence-corrected chi connectivity index (χ0v) is 20.8. The van der Waals surface area contributed by atoms with Crippen molar-refractivity contribution in [3.63, 3.8) is 0 Å². The lowest BCUT2D eigenvalue weighted by Gasteiger charge is -2.26. The third-order valence-electron chi connectivity index (χ3n) is 4.33. The van der Waals surface area contributed by atoms with E-state index < -0.39 is 29.3 Å². The van der Waals surface area contributed by atoms with E-state index in [-0.39, 0.29) is 13.2 Å². The van der Waals surface area contributed by atoms with E-state index in [1.807, 2.05) is 0 Å². The standard InChI is InChI=1S/C24H31N5O6/c1-23(2,3)34-21(30)19(26-22(31)35-24(4,5)6)14-16-9-11-17(12-10-16)32-15-33-29-20-18(27-28-29)8-7-13-25-20/h7-13,19H,14-15H2,1-6H3,(H,26,31)/t19-/m1/s1. The predicted molar refractivity (Wildman–Crippen MR) is 127 cm³/mol. The number of carbonyl (C=O) groups excluding carboxylic acids is 2. The number of hydrogen-bond donors (Lipinski definition) is 1. The molecule has 1 aromatic carbocycles. The van der Waals surface area contributed by atoms with Gasteiger partial charge in [-0.1, -0.05) is 17.0 Å². The Morgan fingerprint density at radius 1 is 1.00 bits per heavy atom. The highest BCUT2D eigenvalue weighted by Crippen LogP contribution is 2.16. The number of hydrogen-bond acceptors (Lipinski definition) is 9. The minimum absolute atomic E-state index is 0.116. The second-order valence-corrected chi connectivity index (χ2v) is 9.78. The van der Waals surface area contributed by atoms with Crippen LogP contribution in [0.5, 0.6) is 5.75 Å². The van der Waals surface area contributed by atoms with Crippen LogP contribution in [0.2, 0.25) is 0 Å². The predicted octanol–water partition coefficient (Wildman–Crippen LogP) is 3.07. The van der Waals surface area contributed by atoms with Gasteiger partial charge in [0, 0.05) is 12.6 Å². The Hall–Kier alpha value is -3.89. The van der Waals surface area contributed by atoms with Crippen molar-refractivity contribution in [2.24, 2.45) is 0 Å². The molecule has 188 valence electrons. The molecular weight excluding hydrogens is 454 g/mol. The first-order chi connectivity index (χ1) is 16.4. The first kappa shape index (κ1) is 25.7. The maximum atomic E-state index is 12.7. The quantitative estimate of drug-likeness (QED) is 0.378. The lowest BCUT2D eigenvalue weighted by Crippen LogP contribution is -2.47. The third kappa shape index (κ3) is 8.13. The number of carbonyl (C=O) groups is 2. The molecule has 0 aliphatic carbocycles. The summed E-state index contributed by atoms with van der Waals surface area (Å²) in [6.45, 7) is 10.4. The van der Waals surface area contributed by atoms with Crippen LogP contribution in [0.3, 0.4) is 0 Å². The molecular formula is C24H31N5O6. The van der Waals surface area contributed by atoms with Crippen LogP contribution in [-0.2, 0) is 20.7 Å². The zero-order valence-electron chi connectivity index (χ0n) is 20.8. The van der Waals surface area contributed by atoms with Gasteiger partial charge in [0.1, 0.15) is 28.5 Å². The number of nitrogens with one attached hydrogen (secondary N) is 1. The molecule has 3 aromatic rings. The molecule has 0 aliphatic rings. The van der Waals surface area contributed by atoms with Crippen molar-refractivity contribution in [1.82, 2.24) is 25.5 Å². The molecule has 0 saturated heterocycles. The van der Waals surface area contributed by atoms with Gasteiger partial charge in [-0.25, -0.2) is 14.6 Å². The van der Waals surface area contributed by atoms with E-state index >= 15 is 0 Å². The monoisotopic (exact) mass is 485 g/mol. The van der Waals surface area contributed by atoms with Crippen molar-refractivity contribution in [3.05, 3.63) is 48.2 Å². The number of aromatic nitrogens is 4. The lowest BCUT2D eigenvalue weighted by atomic mass is 10.1. The van der Waals surface area contributed by atoms with Gasteiger partial charge in [-0.3, -0.25) is 0 Å². The number of amides is 1. The molecule has 0 aliphatic heterocycles. The molecule has 2 aromatic heterocycles. The van der Waals surface area contributed by atoms with E-state index in [4.69, 9.17) is 19.0 Å².